The van der Waals surface area contributed by atoms with Gasteiger partial charge in [0.1, 0.15) is 0 Å². The zero-order valence-electron chi connectivity index (χ0n) is 12.1. The molecular weight excluding hydrogens is 290 g/mol. The van der Waals surface area contributed by atoms with Crippen LogP contribution in [0.25, 0.3) is 11.1 Å². The molecule has 0 radical (unpaired) electrons. The third-order valence-electron chi connectivity index (χ3n) is 3.26. The topological polar surface area (TPSA) is 21.3 Å². The van der Waals surface area contributed by atoms with Crippen molar-refractivity contribution < 1.29 is 4.84 Å². The molecular formula is C19H17NOS. The van der Waals surface area contributed by atoms with Gasteiger partial charge in [0.2, 0.25) is 0 Å². The molecule has 3 aromatic rings. The first-order chi connectivity index (χ1) is 10.9. The van der Waals surface area contributed by atoms with Crippen LogP contribution in [0.1, 0.15) is 5.56 Å². The highest BCUT2D eigenvalue weighted by Crippen LogP contribution is 2.22. The van der Waals surface area contributed by atoms with Crippen LogP contribution in [0.5, 0.6) is 0 Å². The summed E-state index contributed by atoms with van der Waals surface area (Å²) in [5.74, 6) is 0. The Morgan fingerprint density at radius 3 is 1.95 bits per heavy atom. The van der Waals surface area contributed by atoms with Crippen molar-refractivity contribution in [3.05, 3.63) is 90.5 Å². The van der Waals surface area contributed by atoms with Crippen LogP contribution in [-0.4, -0.2) is 0 Å². The highest BCUT2D eigenvalue weighted by molar-refractivity contribution is 7.97. The van der Waals surface area contributed by atoms with E-state index in [1.165, 1.54) is 23.1 Å². The van der Waals surface area contributed by atoms with Gasteiger partial charge in [0.25, 0.3) is 0 Å². The van der Waals surface area contributed by atoms with Crippen LogP contribution in [0.4, 0.5) is 0 Å². The molecule has 0 amide bonds. The summed E-state index contributed by atoms with van der Waals surface area (Å²) >= 11 is 1.47. The molecule has 0 bridgehead atoms. The van der Waals surface area contributed by atoms with Crippen LogP contribution in [-0.2, 0) is 11.4 Å². The van der Waals surface area contributed by atoms with Gasteiger partial charge in [-0.15, -0.1) is 4.89 Å². The fraction of sp³-hybridized carbons (Fsp3) is 0.0526. The van der Waals surface area contributed by atoms with E-state index in [1.54, 1.807) is 0 Å². The first-order valence-corrected chi connectivity index (χ1v) is 7.96. The molecule has 0 spiro atoms. The lowest BCUT2D eigenvalue weighted by molar-refractivity contribution is 0.0871. The lowest BCUT2D eigenvalue weighted by Gasteiger charge is -2.06. The maximum atomic E-state index is 5.45. The highest BCUT2D eigenvalue weighted by Gasteiger charge is 1.98. The Balaban J connectivity index is 1.49. The van der Waals surface area contributed by atoms with E-state index >= 15 is 0 Å². The summed E-state index contributed by atoms with van der Waals surface area (Å²) < 4.78 is 0. The van der Waals surface area contributed by atoms with Crippen LogP contribution in [0.2, 0.25) is 0 Å². The SMILES string of the molecule is c1ccc(CONSc2ccc(-c3ccccc3)cc2)cc1. The predicted octanol–water partition coefficient (Wildman–Crippen LogP) is 5.08. The Labute approximate surface area is 135 Å². The van der Waals surface area contributed by atoms with Gasteiger partial charge in [0.15, 0.2) is 0 Å². The number of hydrogen-bond acceptors (Lipinski definition) is 3. The van der Waals surface area contributed by atoms with Gasteiger partial charge in [-0.2, -0.15) is 0 Å². The molecule has 22 heavy (non-hydrogen) atoms. The van der Waals surface area contributed by atoms with E-state index in [9.17, 15) is 0 Å². The number of rotatable bonds is 6. The fourth-order valence-corrected chi connectivity index (χ4v) is 2.60. The molecule has 0 aliphatic rings. The molecule has 2 nitrogen and oxygen atoms in total. The Morgan fingerprint density at radius 1 is 0.682 bits per heavy atom. The second-order valence-electron chi connectivity index (χ2n) is 4.85. The lowest BCUT2D eigenvalue weighted by Crippen LogP contribution is -2.04. The molecule has 0 unspecified atom stereocenters. The van der Waals surface area contributed by atoms with Gasteiger partial charge in [-0.25, -0.2) is 0 Å². The van der Waals surface area contributed by atoms with Crippen molar-refractivity contribution in [3.8, 4) is 11.1 Å². The highest BCUT2D eigenvalue weighted by atomic mass is 32.2. The minimum absolute atomic E-state index is 0.552. The number of nitrogens with one attached hydrogen (secondary N) is 1. The van der Waals surface area contributed by atoms with Crippen molar-refractivity contribution in [2.45, 2.75) is 11.5 Å². The predicted molar refractivity (Wildman–Crippen MR) is 92.1 cm³/mol. The summed E-state index contributed by atoms with van der Waals surface area (Å²) in [5, 5.41) is 0. The second kappa shape index (κ2) is 7.80. The molecule has 0 aliphatic heterocycles. The molecule has 3 rings (SSSR count). The van der Waals surface area contributed by atoms with Crippen molar-refractivity contribution in [3.63, 3.8) is 0 Å². The molecule has 3 aromatic carbocycles. The van der Waals surface area contributed by atoms with Gasteiger partial charge in [-0.05, 0) is 40.8 Å². The standard InChI is InChI=1S/C19H17NOS/c1-3-7-16(8-4-1)15-21-20-22-19-13-11-18(12-14-19)17-9-5-2-6-10-17/h1-14,20H,15H2. The normalized spacial score (nSPS) is 10.5. The Hall–Kier alpha value is -2.07. The van der Waals surface area contributed by atoms with E-state index in [0.29, 0.717) is 6.61 Å². The Bertz CT molecular complexity index is 684. The molecule has 0 heterocycles. The first-order valence-electron chi connectivity index (χ1n) is 7.15. The molecule has 110 valence electrons. The van der Waals surface area contributed by atoms with Crippen molar-refractivity contribution in [2.75, 3.05) is 0 Å². The van der Waals surface area contributed by atoms with Gasteiger partial charge < -0.3 is 0 Å². The average molecular weight is 307 g/mol. The lowest BCUT2D eigenvalue weighted by atomic mass is 10.1. The van der Waals surface area contributed by atoms with Crippen LogP contribution >= 0.6 is 11.9 Å². The van der Waals surface area contributed by atoms with E-state index < -0.39 is 0 Å². The Kier molecular flexibility index (Phi) is 5.27. The van der Waals surface area contributed by atoms with Gasteiger partial charge in [0.05, 0.1) is 6.61 Å². The van der Waals surface area contributed by atoms with Crippen LogP contribution in [0, 0.1) is 0 Å². The Morgan fingerprint density at radius 2 is 1.27 bits per heavy atom. The molecule has 1 N–H and O–H groups in total. The summed E-state index contributed by atoms with van der Waals surface area (Å²) in [4.78, 5) is 9.50. The third kappa shape index (κ3) is 4.21. The van der Waals surface area contributed by atoms with Crippen LogP contribution < -0.4 is 4.89 Å². The van der Waals surface area contributed by atoms with Gasteiger partial charge in [-0.3, -0.25) is 4.84 Å². The van der Waals surface area contributed by atoms with Crippen LogP contribution in [0.15, 0.2) is 89.8 Å². The summed E-state index contributed by atoms with van der Waals surface area (Å²) in [6.07, 6.45) is 0. The van der Waals surface area contributed by atoms with Gasteiger partial charge >= 0.3 is 0 Å². The average Bonchev–Trinajstić information content (AvgIpc) is 2.61. The zero-order chi connectivity index (χ0) is 15.0. The number of hydrogen-bond donors (Lipinski definition) is 1. The minimum Gasteiger partial charge on any atom is -0.286 e. The van der Waals surface area contributed by atoms with E-state index in [0.717, 1.165) is 10.5 Å². The minimum atomic E-state index is 0.552. The maximum Gasteiger partial charge on any atom is 0.0944 e. The van der Waals surface area contributed by atoms with Crippen molar-refractivity contribution >= 4 is 11.9 Å². The van der Waals surface area contributed by atoms with E-state index in [-0.39, 0.29) is 0 Å². The molecule has 0 saturated heterocycles. The maximum absolute atomic E-state index is 5.45. The largest absolute Gasteiger partial charge is 0.286 e. The molecule has 3 heteroatoms. The van der Waals surface area contributed by atoms with Gasteiger partial charge in [-0.1, -0.05) is 72.8 Å². The summed E-state index contributed by atoms with van der Waals surface area (Å²) in [6, 6.07) is 28.9. The molecule has 0 aliphatic carbocycles. The summed E-state index contributed by atoms with van der Waals surface area (Å²) in [6.45, 7) is 0.552. The molecule has 0 saturated carbocycles. The van der Waals surface area contributed by atoms with E-state index in [2.05, 4.69) is 53.4 Å². The van der Waals surface area contributed by atoms with Gasteiger partial charge in [0, 0.05) is 4.90 Å². The second-order valence-corrected chi connectivity index (χ2v) is 5.69. The monoisotopic (exact) mass is 307 g/mol. The number of benzene rings is 3. The first kappa shape index (κ1) is 14.9. The smallest absolute Gasteiger partial charge is 0.0944 e. The zero-order valence-corrected chi connectivity index (χ0v) is 12.9. The quantitative estimate of drug-likeness (QED) is 0.390. The molecule has 0 fully saturated rings. The molecule has 0 atom stereocenters. The van der Waals surface area contributed by atoms with Crippen molar-refractivity contribution in [2.24, 2.45) is 0 Å². The van der Waals surface area contributed by atoms with Crippen LogP contribution in [0.3, 0.4) is 0 Å². The third-order valence-corrected chi connectivity index (χ3v) is 3.97. The van der Waals surface area contributed by atoms with Crippen molar-refractivity contribution in [1.29, 1.82) is 0 Å². The molecule has 0 aromatic heterocycles. The fourth-order valence-electron chi connectivity index (χ4n) is 2.11. The van der Waals surface area contributed by atoms with Crippen molar-refractivity contribution in [1.82, 2.24) is 4.89 Å². The van der Waals surface area contributed by atoms with E-state index in [4.69, 9.17) is 4.84 Å². The summed E-state index contributed by atoms with van der Waals surface area (Å²) in [7, 11) is 0. The van der Waals surface area contributed by atoms with E-state index in [1.807, 2.05) is 36.4 Å². The summed E-state index contributed by atoms with van der Waals surface area (Å²) in [5.41, 5.74) is 3.59.